The Kier molecular flexibility index (Phi) is 5.33. The zero-order valence-corrected chi connectivity index (χ0v) is 11.8. The molecule has 1 fully saturated rings. The quantitative estimate of drug-likeness (QED) is 0.714. The van der Waals surface area contributed by atoms with Crippen LogP contribution in [0.2, 0.25) is 5.02 Å². The van der Waals surface area contributed by atoms with Crippen LogP contribution < -0.4 is 10.1 Å². The van der Waals surface area contributed by atoms with Crippen LogP contribution in [0.3, 0.4) is 0 Å². The van der Waals surface area contributed by atoms with Crippen molar-refractivity contribution in [2.75, 3.05) is 6.61 Å². The number of benzene rings is 1. The lowest BCUT2D eigenvalue weighted by atomic mass is 10.2. The summed E-state index contributed by atoms with van der Waals surface area (Å²) in [5.41, 5.74) is 1.17. The molecule has 1 aromatic carbocycles. The van der Waals surface area contributed by atoms with Crippen molar-refractivity contribution in [1.29, 1.82) is 0 Å². The zero-order chi connectivity index (χ0) is 12.8. The van der Waals surface area contributed by atoms with E-state index in [1.54, 1.807) is 0 Å². The van der Waals surface area contributed by atoms with E-state index in [0.29, 0.717) is 6.04 Å². The highest BCUT2D eigenvalue weighted by atomic mass is 35.5. The molecule has 0 amide bonds. The number of ether oxygens (including phenoxy) is 1. The van der Waals surface area contributed by atoms with Crippen molar-refractivity contribution in [2.45, 2.75) is 51.6 Å². The molecule has 2 nitrogen and oxygen atoms in total. The van der Waals surface area contributed by atoms with E-state index in [1.165, 1.54) is 31.2 Å². The highest BCUT2D eigenvalue weighted by Gasteiger charge is 2.20. The van der Waals surface area contributed by atoms with E-state index >= 15 is 0 Å². The molecule has 0 heterocycles. The first-order valence-electron chi connectivity index (χ1n) is 6.94. The summed E-state index contributed by atoms with van der Waals surface area (Å²) in [7, 11) is 0. The van der Waals surface area contributed by atoms with E-state index in [-0.39, 0.29) is 0 Å². The molecule has 0 aromatic heterocycles. The first kappa shape index (κ1) is 13.7. The first-order chi connectivity index (χ1) is 8.79. The molecular weight excluding hydrogens is 246 g/mol. The van der Waals surface area contributed by atoms with E-state index in [9.17, 15) is 0 Å². The van der Waals surface area contributed by atoms with Crippen LogP contribution in [0.25, 0.3) is 0 Å². The van der Waals surface area contributed by atoms with Crippen LogP contribution in [-0.2, 0) is 6.54 Å². The topological polar surface area (TPSA) is 21.3 Å². The van der Waals surface area contributed by atoms with Crippen molar-refractivity contribution in [3.8, 4) is 5.75 Å². The second kappa shape index (κ2) is 7.01. The number of hydrogen-bond donors (Lipinski definition) is 1. The second-order valence-corrected chi connectivity index (χ2v) is 5.40. The van der Waals surface area contributed by atoms with Crippen molar-refractivity contribution in [2.24, 2.45) is 0 Å². The normalized spacial score (nSPS) is 14.8. The van der Waals surface area contributed by atoms with Gasteiger partial charge in [0.2, 0.25) is 0 Å². The van der Waals surface area contributed by atoms with Gasteiger partial charge in [-0.15, -0.1) is 0 Å². The summed E-state index contributed by atoms with van der Waals surface area (Å²) >= 11 is 6.05. The Morgan fingerprint density at radius 1 is 1.33 bits per heavy atom. The molecule has 100 valence electrons. The van der Waals surface area contributed by atoms with Gasteiger partial charge in [-0.3, -0.25) is 0 Å². The van der Waals surface area contributed by atoms with Gasteiger partial charge in [0.05, 0.1) is 6.61 Å². The minimum absolute atomic E-state index is 0.705. The molecule has 0 atom stereocenters. The van der Waals surface area contributed by atoms with E-state index in [4.69, 9.17) is 16.3 Å². The van der Waals surface area contributed by atoms with E-state index in [0.717, 1.165) is 30.3 Å². The summed E-state index contributed by atoms with van der Waals surface area (Å²) in [4.78, 5) is 0. The van der Waals surface area contributed by atoms with Gasteiger partial charge < -0.3 is 10.1 Å². The fourth-order valence-corrected chi connectivity index (χ4v) is 2.10. The van der Waals surface area contributed by atoms with Gasteiger partial charge in [-0.2, -0.15) is 0 Å². The molecule has 3 heteroatoms. The van der Waals surface area contributed by atoms with Crippen molar-refractivity contribution < 1.29 is 4.74 Å². The molecule has 1 aliphatic carbocycles. The van der Waals surface area contributed by atoms with Gasteiger partial charge in [0.25, 0.3) is 0 Å². The molecule has 18 heavy (non-hydrogen) atoms. The van der Waals surface area contributed by atoms with Gasteiger partial charge in [0, 0.05) is 23.2 Å². The van der Waals surface area contributed by atoms with Crippen LogP contribution in [0.4, 0.5) is 0 Å². The predicted molar refractivity (Wildman–Crippen MR) is 76.3 cm³/mol. The maximum atomic E-state index is 6.05. The average Bonchev–Trinajstić information content (AvgIpc) is 3.18. The Bertz CT molecular complexity index is 377. The van der Waals surface area contributed by atoms with Crippen molar-refractivity contribution >= 4 is 11.6 Å². The van der Waals surface area contributed by atoms with E-state index in [2.05, 4.69) is 12.2 Å². The van der Waals surface area contributed by atoms with E-state index in [1.807, 2.05) is 18.2 Å². The third kappa shape index (κ3) is 4.51. The molecule has 0 radical (unpaired) electrons. The Hall–Kier alpha value is -0.730. The lowest BCUT2D eigenvalue weighted by Crippen LogP contribution is -2.16. The van der Waals surface area contributed by atoms with Gasteiger partial charge in [-0.05, 0) is 37.5 Å². The van der Waals surface area contributed by atoms with Crippen molar-refractivity contribution in [1.82, 2.24) is 5.32 Å². The van der Waals surface area contributed by atoms with Gasteiger partial charge in [-0.1, -0.05) is 31.4 Å². The molecule has 1 saturated carbocycles. The summed E-state index contributed by atoms with van der Waals surface area (Å²) in [6.07, 6.45) is 6.17. The Labute approximate surface area is 115 Å². The standard InChI is InChI=1S/C15H22ClNO/c1-2-3-4-9-18-15-8-5-13(16)10-12(15)11-17-14-6-7-14/h5,8,10,14,17H,2-4,6-7,9,11H2,1H3. The van der Waals surface area contributed by atoms with Crippen LogP contribution in [-0.4, -0.2) is 12.6 Å². The third-order valence-electron chi connectivity index (χ3n) is 3.19. The Morgan fingerprint density at radius 2 is 2.17 bits per heavy atom. The lowest BCUT2D eigenvalue weighted by Gasteiger charge is -2.12. The maximum absolute atomic E-state index is 6.05. The van der Waals surface area contributed by atoms with Gasteiger partial charge in [0.1, 0.15) is 5.75 Å². The summed E-state index contributed by atoms with van der Waals surface area (Å²) in [5, 5.41) is 4.28. The highest BCUT2D eigenvalue weighted by molar-refractivity contribution is 6.30. The molecule has 0 unspecified atom stereocenters. The number of unbranched alkanes of at least 4 members (excludes halogenated alkanes) is 2. The number of hydrogen-bond acceptors (Lipinski definition) is 2. The second-order valence-electron chi connectivity index (χ2n) is 4.96. The van der Waals surface area contributed by atoms with Gasteiger partial charge >= 0.3 is 0 Å². The zero-order valence-electron chi connectivity index (χ0n) is 11.0. The number of nitrogens with one attached hydrogen (secondary N) is 1. The molecule has 0 bridgehead atoms. The van der Waals surface area contributed by atoms with Crippen LogP contribution >= 0.6 is 11.6 Å². The average molecular weight is 268 g/mol. The molecule has 0 saturated heterocycles. The summed E-state index contributed by atoms with van der Waals surface area (Å²) in [5.74, 6) is 0.976. The number of rotatable bonds is 8. The molecule has 1 aliphatic rings. The molecule has 2 rings (SSSR count). The monoisotopic (exact) mass is 267 g/mol. The van der Waals surface area contributed by atoms with E-state index < -0.39 is 0 Å². The fourth-order valence-electron chi connectivity index (χ4n) is 1.90. The van der Waals surface area contributed by atoms with Crippen LogP contribution in [0.5, 0.6) is 5.75 Å². The molecule has 1 aromatic rings. The van der Waals surface area contributed by atoms with Crippen LogP contribution in [0.15, 0.2) is 18.2 Å². The summed E-state index contributed by atoms with van der Waals surface area (Å²) in [6.45, 7) is 3.85. The Morgan fingerprint density at radius 3 is 2.89 bits per heavy atom. The smallest absolute Gasteiger partial charge is 0.123 e. The van der Waals surface area contributed by atoms with Gasteiger partial charge in [-0.25, -0.2) is 0 Å². The minimum Gasteiger partial charge on any atom is -0.493 e. The molecule has 0 aliphatic heterocycles. The fraction of sp³-hybridized carbons (Fsp3) is 0.600. The lowest BCUT2D eigenvalue weighted by molar-refractivity contribution is 0.302. The molecule has 0 spiro atoms. The van der Waals surface area contributed by atoms with Crippen molar-refractivity contribution in [3.63, 3.8) is 0 Å². The highest BCUT2D eigenvalue weighted by Crippen LogP contribution is 2.25. The molecule has 1 N–H and O–H groups in total. The Balaban J connectivity index is 1.88. The summed E-state index contributed by atoms with van der Waals surface area (Å²) in [6, 6.07) is 6.60. The SMILES string of the molecule is CCCCCOc1ccc(Cl)cc1CNC1CC1. The third-order valence-corrected chi connectivity index (χ3v) is 3.42. The summed E-state index contributed by atoms with van der Waals surface area (Å²) < 4.78 is 5.85. The first-order valence-corrected chi connectivity index (χ1v) is 7.32. The predicted octanol–water partition coefficient (Wildman–Crippen LogP) is 4.16. The maximum Gasteiger partial charge on any atom is 0.123 e. The van der Waals surface area contributed by atoms with Crippen LogP contribution in [0.1, 0.15) is 44.6 Å². The molecular formula is C15H22ClNO. The van der Waals surface area contributed by atoms with Crippen molar-refractivity contribution in [3.05, 3.63) is 28.8 Å². The van der Waals surface area contributed by atoms with Gasteiger partial charge in [0.15, 0.2) is 0 Å². The largest absolute Gasteiger partial charge is 0.493 e. The van der Waals surface area contributed by atoms with Crippen LogP contribution in [0, 0.1) is 0 Å². The number of halogens is 1. The minimum atomic E-state index is 0.705.